The first kappa shape index (κ1) is 23.2. The molecule has 1 atom stereocenters. The van der Waals surface area contributed by atoms with Crippen molar-refractivity contribution >= 4 is 26.8 Å². The molecule has 2 N–H and O–H groups in total. The molecule has 0 aliphatic rings. The number of hydrogen-bond donors (Lipinski definition) is 2. The monoisotopic (exact) mass is 403 g/mol. The summed E-state index contributed by atoms with van der Waals surface area (Å²) in [5.74, 6) is -7.91. The van der Waals surface area contributed by atoms with Gasteiger partial charge in [-0.05, 0) is 13.8 Å². The lowest BCUT2D eigenvalue weighted by atomic mass is 10.1. The first-order valence-electron chi connectivity index (χ1n) is 6.51. The Morgan fingerprint density at radius 2 is 1.62 bits per heavy atom. The van der Waals surface area contributed by atoms with Crippen molar-refractivity contribution in [1.29, 1.82) is 0 Å². The van der Waals surface area contributed by atoms with Gasteiger partial charge in [-0.25, -0.2) is 0 Å². The molecular weight excluding hydrogens is 385 g/mol. The van der Waals surface area contributed by atoms with E-state index in [0.717, 1.165) is 0 Å². The predicted molar refractivity (Wildman–Crippen MR) is 76.7 cm³/mol. The number of carbonyl (C=O) groups is 1. The summed E-state index contributed by atoms with van der Waals surface area (Å²) in [5.41, 5.74) is -1.34. The molecule has 1 unspecified atom stereocenters. The number of alkyl halides is 5. The van der Waals surface area contributed by atoms with Gasteiger partial charge in [0.05, 0.1) is 11.3 Å². The van der Waals surface area contributed by atoms with Gasteiger partial charge in [0.25, 0.3) is 10.1 Å². The number of hydrogen-bond acceptors (Lipinski definition) is 4. The van der Waals surface area contributed by atoms with Crippen LogP contribution in [0.1, 0.15) is 26.7 Å². The third kappa shape index (κ3) is 9.47. The normalized spacial score (nSPS) is 15.2. The predicted octanol–water partition coefficient (Wildman–Crippen LogP) is 1.50. The van der Waals surface area contributed by atoms with Crippen molar-refractivity contribution in [2.75, 3.05) is 17.3 Å². The molecule has 144 valence electrons. The van der Waals surface area contributed by atoms with Crippen LogP contribution in [0, 0.1) is 0 Å². The molecule has 0 aliphatic carbocycles. The Morgan fingerprint density at radius 1 is 1.12 bits per heavy atom. The molecule has 1 amide bonds. The van der Waals surface area contributed by atoms with Gasteiger partial charge >= 0.3 is 12.1 Å². The quantitative estimate of drug-likeness (QED) is 0.449. The second-order valence-corrected chi connectivity index (χ2v) is 8.86. The zero-order chi connectivity index (χ0) is 19.4. The molecule has 0 radical (unpaired) electrons. The van der Waals surface area contributed by atoms with E-state index < -0.39 is 74.6 Å². The highest BCUT2D eigenvalue weighted by Crippen LogP contribution is 2.38. The van der Waals surface area contributed by atoms with Crippen LogP contribution in [0.15, 0.2) is 0 Å². The van der Waals surface area contributed by atoms with Gasteiger partial charge in [-0.15, -0.1) is 0 Å². The average Bonchev–Trinajstić information content (AvgIpc) is 2.28. The Balaban J connectivity index is 4.36. The second kappa shape index (κ2) is 8.04. The largest absolute Gasteiger partial charge is 0.453 e. The van der Waals surface area contributed by atoms with Gasteiger partial charge in [-0.3, -0.25) is 13.6 Å². The van der Waals surface area contributed by atoms with Crippen LogP contribution in [0.25, 0.3) is 0 Å². The van der Waals surface area contributed by atoms with Crippen LogP contribution in [0.4, 0.5) is 22.0 Å². The van der Waals surface area contributed by atoms with E-state index in [1.807, 2.05) is 0 Å². The first-order chi connectivity index (χ1) is 10.5. The molecule has 0 aromatic carbocycles. The first-order valence-corrected chi connectivity index (χ1v) is 9.61. The average molecular weight is 403 g/mol. The molecule has 0 heterocycles. The minimum Gasteiger partial charge on any atom is -0.350 e. The van der Waals surface area contributed by atoms with E-state index in [0.29, 0.717) is 0 Å². The van der Waals surface area contributed by atoms with Crippen LogP contribution >= 0.6 is 0 Å². The molecule has 0 saturated heterocycles. The highest BCUT2D eigenvalue weighted by atomic mass is 32.2. The number of nitrogens with one attached hydrogen (secondary N) is 1. The fourth-order valence-corrected chi connectivity index (χ4v) is 3.71. The van der Waals surface area contributed by atoms with Crippen molar-refractivity contribution in [2.24, 2.45) is 0 Å². The summed E-state index contributed by atoms with van der Waals surface area (Å²) in [6.45, 7) is 2.58. The van der Waals surface area contributed by atoms with Crippen molar-refractivity contribution in [2.45, 2.75) is 44.3 Å². The summed E-state index contributed by atoms with van der Waals surface area (Å²) < 4.78 is 103. The molecule has 0 fully saturated rings. The molecule has 0 rings (SSSR count). The standard InChI is InChI=1S/C11H18F5NO5S2/c1-9(2,7-24(20,21)22)17-8(18)3-5-23(19)6-4-10(12,13)11(14,15)16/h3-7H2,1-2H3,(H,17,18)(H,20,21,22). The lowest BCUT2D eigenvalue weighted by molar-refractivity contribution is -0.282. The lowest BCUT2D eigenvalue weighted by Gasteiger charge is -2.24. The van der Waals surface area contributed by atoms with Crippen molar-refractivity contribution in [1.82, 2.24) is 5.32 Å². The van der Waals surface area contributed by atoms with Crippen molar-refractivity contribution in [3.05, 3.63) is 0 Å². The van der Waals surface area contributed by atoms with Gasteiger partial charge in [0.15, 0.2) is 0 Å². The van der Waals surface area contributed by atoms with E-state index in [1.165, 1.54) is 13.8 Å². The van der Waals surface area contributed by atoms with E-state index in [1.54, 1.807) is 0 Å². The van der Waals surface area contributed by atoms with Crippen LogP contribution in [-0.4, -0.2) is 58.0 Å². The summed E-state index contributed by atoms with van der Waals surface area (Å²) in [6, 6.07) is 0. The molecule has 6 nitrogen and oxygen atoms in total. The molecule has 0 spiro atoms. The van der Waals surface area contributed by atoms with Crippen LogP contribution < -0.4 is 5.32 Å². The van der Waals surface area contributed by atoms with Gasteiger partial charge in [0, 0.05) is 35.1 Å². The van der Waals surface area contributed by atoms with E-state index in [-0.39, 0.29) is 0 Å². The van der Waals surface area contributed by atoms with E-state index in [9.17, 15) is 39.4 Å². The Bertz CT molecular complexity index is 574. The Kier molecular flexibility index (Phi) is 7.76. The van der Waals surface area contributed by atoms with Gasteiger partial charge in [-0.2, -0.15) is 30.4 Å². The highest BCUT2D eigenvalue weighted by Gasteiger charge is 2.56. The van der Waals surface area contributed by atoms with E-state index >= 15 is 0 Å². The molecular formula is C11H18F5NO5S2. The van der Waals surface area contributed by atoms with E-state index in [2.05, 4.69) is 5.32 Å². The molecule has 0 aromatic heterocycles. The Labute approximate surface area is 138 Å². The van der Waals surface area contributed by atoms with E-state index in [4.69, 9.17) is 4.55 Å². The third-order valence-electron chi connectivity index (χ3n) is 2.64. The zero-order valence-corrected chi connectivity index (χ0v) is 14.5. The van der Waals surface area contributed by atoms with Gasteiger partial charge in [0.1, 0.15) is 0 Å². The summed E-state index contributed by atoms with van der Waals surface area (Å²) >= 11 is 0. The topological polar surface area (TPSA) is 101 Å². The molecule has 0 bridgehead atoms. The maximum atomic E-state index is 12.7. The molecule has 24 heavy (non-hydrogen) atoms. The van der Waals surface area contributed by atoms with Crippen molar-refractivity contribution < 1.29 is 43.9 Å². The Morgan fingerprint density at radius 3 is 2.04 bits per heavy atom. The summed E-state index contributed by atoms with van der Waals surface area (Å²) in [5, 5.41) is 2.22. The van der Waals surface area contributed by atoms with Crippen LogP contribution in [0.3, 0.4) is 0 Å². The zero-order valence-electron chi connectivity index (χ0n) is 12.8. The maximum Gasteiger partial charge on any atom is 0.453 e. The maximum absolute atomic E-state index is 12.7. The van der Waals surface area contributed by atoms with Crippen molar-refractivity contribution in [3.63, 3.8) is 0 Å². The van der Waals surface area contributed by atoms with Gasteiger partial charge in [0.2, 0.25) is 5.91 Å². The fourth-order valence-electron chi connectivity index (χ4n) is 1.62. The molecule has 13 heteroatoms. The Hall–Kier alpha value is -0.820. The molecule has 0 aliphatic heterocycles. The van der Waals surface area contributed by atoms with Crippen molar-refractivity contribution in [3.8, 4) is 0 Å². The number of carbonyl (C=O) groups excluding carboxylic acids is 1. The van der Waals surface area contributed by atoms with Crippen LogP contribution in [0.5, 0.6) is 0 Å². The number of halogens is 5. The fraction of sp³-hybridized carbons (Fsp3) is 0.909. The smallest absolute Gasteiger partial charge is 0.350 e. The summed E-state index contributed by atoms with van der Waals surface area (Å²) in [4.78, 5) is 11.6. The molecule has 0 saturated carbocycles. The van der Waals surface area contributed by atoms with Crippen LogP contribution in [-0.2, 0) is 25.7 Å². The second-order valence-electron chi connectivity index (χ2n) is 5.71. The summed E-state index contributed by atoms with van der Waals surface area (Å²) in [7, 11) is -6.44. The summed E-state index contributed by atoms with van der Waals surface area (Å²) in [6.07, 6.45) is -7.84. The number of rotatable bonds is 9. The molecule has 0 aromatic rings. The van der Waals surface area contributed by atoms with Gasteiger partial charge < -0.3 is 5.32 Å². The van der Waals surface area contributed by atoms with Crippen LogP contribution in [0.2, 0.25) is 0 Å². The minimum absolute atomic E-state index is 0.457. The lowest BCUT2D eigenvalue weighted by Crippen LogP contribution is -2.48. The number of amides is 1. The highest BCUT2D eigenvalue weighted by molar-refractivity contribution is 7.85. The minimum atomic E-state index is -5.73. The SMILES string of the molecule is CC(C)(CS(=O)(=O)O)NC(=O)CCS(=O)CCC(F)(F)C(F)(F)F. The third-order valence-corrected chi connectivity index (χ3v) is 5.04. The van der Waals surface area contributed by atoms with Gasteiger partial charge in [-0.1, -0.05) is 0 Å².